The summed E-state index contributed by atoms with van der Waals surface area (Å²) in [6.45, 7) is 5.46. The average Bonchev–Trinajstić information content (AvgIpc) is 3.12. The number of ketones is 1. The van der Waals surface area contributed by atoms with E-state index >= 15 is 0 Å². The molecule has 2 aromatic carbocycles. The fourth-order valence-electron chi connectivity index (χ4n) is 4.85. The van der Waals surface area contributed by atoms with E-state index in [2.05, 4.69) is 18.7 Å². The molecule has 2 aliphatic heterocycles. The maximum Gasteiger partial charge on any atom is 0.338 e. The summed E-state index contributed by atoms with van der Waals surface area (Å²) in [5.41, 5.74) is 0.884. The lowest BCUT2D eigenvalue weighted by molar-refractivity contribution is -0.123. The Labute approximate surface area is 213 Å². The zero-order valence-electron chi connectivity index (χ0n) is 19.5. The number of Topliss-reactive ketones (excluding diaryl/α,β-unsaturated/α-hetero) is 1. The van der Waals surface area contributed by atoms with Crippen molar-refractivity contribution in [3.05, 3.63) is 63.6 Å². The fourth-order valence-corrected chi connectivity index (χ4v) is 5.15. The molecule has 184 valence electrons. The van der Waals surface area contributed by atoms with E-state index in [1.165, 1.54) is 47.4 Å². The van der Waals surface area contributed by atoms with E-state index in [4.69, 9.17) is 27.9 Å². The van der Waals surface area contributed by atoms with E-state index in [-0.39, 0.29) is 34.4 Å². The lowest BCUT2D eigenvalue weighted by atomic mass is 9.90. The summed E-state index contributed by atoms with van der Waals surface area (Å²) in [5.74, 6) is -0.659. The molecular formula is C26H26Cl2N2O5. The van der Waals surface area contributed by atoms with Crippen molar-refractivity contribution in [1.82, 2.24) is 4.90 Å². The Balaban J connectivity index is 1.38. The number of likely N-dealkylation sites (tertiary alicyclic amines) is 1. The molecule has 0 aliphatic carbocycles. The third kappa shape index (κ3) is 5.58. The summed E-state index contributed by atoms with van der Waals surface area (Å²) in [4.78, 5) is 53.8. The van der Waals surface area contributed by atoms with Crippen LogP contribution in [0.1, 0.15) is 47.4 Å². The van der Waals surface area contributed by atoms with E-state index in [9.17, 15) is 19.2 Å². The minimum atomic E-state index is -0.696. The third-order valence-corrected chi connectivity index (χ3v) is 7.14. The van der Waals surface area contributed by atoms with Crippen LogP contribution in [0.25, 0.3) is 0 Å². The van der Waals surface area contributed by atoms with Crippen molar-refractivity contribution in [2.75, 3.05) is 24.6 Å². The van der Waals surface area contributed by atoms with Gasteiger partial charge in [0.25, 0.3) is 5.91 Å². The molecule has 0 aromatic heterocycles. The monoisotopic (exact) mass is 516 g/mol. The highest BCUT2D eigenvalue weighted by Crippen LogP contribution is 2.30. The topological polar surface area (TPSA) is 84.0 Å². The molecule has 2 fully saturated rings. The van der Waals surface area contributed by atoms with Gasteiger partial charge in [0.2, 0.25) is 5.91 Å². The number of benzene rings is 2. The van der Waals surface area contributed by atoms with Gasteiger partial charge in [-0.3, -0.25) is 19.3 Å². The summed E-state index contributed by atoms with van der Waals surface area (Å²) >= 11 is 11.8. The van der Waals surface area contributed by atoms with E-state index in [0.717, 1.165) is 19.5 Å². The normalized spacial score (nSPS) is 23.0. The number of hydrogen-bond acceptors (Lipinski definition) is 6. The molecule has 2 saturated heterocycles. The van der Waals surface area contributed by atoms with Crippen molar-refractivity contribution < 1.29 is 23.9 Å². The lowest BCUT2D eigenvalue weighted by Crippen LogP contribution is -2.48. The van der Waals surface area contributed by atoms with Gasteiger partial charge in [0.1, 0.15) is 0 Å². The van der Waals surface area contributed by atoms with E-state index in [0.29, 0.717) is 22.5 Å². The molecule has 4 rings (SSSR count). The largest absolute Gasteiger partial charge is 0.454 e. The minimum absolute atomic E-state index is 0.152. The summed E-state index contributed by atoms with van der Waals surface area (Å²) in [5, 5.41) is 0.554. The Morgan fingerprint density at radius 1 is 0.943 bits per heavy atom. The summed E-state index contributed by atoms with van der Waals surface area (Å²) in [7, 11) is 0. The molecule has 2 amide bonds. The Bertz CT molecular complexity index is 1160. The predicted octanol–water partition coefficient (Wildman–Crippen LogP) is 4.64. The van der Waals surface area contributed by atoms with Gasteiger partial charge in [-0.15, -0.1) is 0 Å². The molecule has 2 aliphatic rings. The highest BCUT2D eigenvalue weighted by atomic mass is 35.5. The number of anilines is 1. The van der Waals surface area contributed by atoms with Gasteiger partial charge < -0.3 is 4.74 Å². The van der Waals surface area contributed by atoms with Crippen LogP contribution in [0.4, 0.5) is 5.69 Å². The molecule has 7 nitrogen and oxygen atoms in total. The first-order valence-corrected chi connectivity index (χ1v) is 12.3. The minimum Gasteiger partial charge on any atom is -0.454 e. The van der Waals surface area contributed by atoms with Gasteiger partial charge in [0.05, 0.1) is 33.8 Å². The maximum atomic E-state index is 13.1. The highest BCUT2D eigenvalue weighted by Gasteiger charge is 2.44. The molecule has 0 radical (unpaired) electrons. The second-order valence-corrected chi connectivity index (χ2v) is 10.2. The number of ether oxygens (including phenoxy) is 1. The SMILES string of the molecule is CC1CC(C)CN(C2CC(=O)N(c3ccc(C(=O)OCC(=O)c4ccc(Cl)c(Cl)c4)cc3)C2=O)C1. The van der Waals surface area contributed by atoms with Crippen LogP contribution in [-0.4, -0.2) is 54.2 Å². The number of rotatable bonds is 6. The van der Waals surface area contributed by atoms with Crippen molar-refractivity contribution in [3.8, 4) is 0 Å². The predicted molar refractivity (Wildman–Crippen MR) is 133 cm³/mol. The second kappa shape index (κ2) is 10.5. The lowest BCUT2D eigenvalue weighted by Gasteiger charge is -2.37. The van der Waals surface area contributed by atoms with Crippen molar-refractivity contribution >= 4 is 52.5 Å². The molecule has 0 spiro atoms. The zero-order chi connectivity index (χ0) is 25.3. The molecule has 0 bridgehead atoms. The quantitative estimate of drug-likeness (QED) is 0.315. The summed E-state index contributed by atoms with van der Waals surface area (Å²) < 4.78 is 5.12. The first-order valence-electron chi connectivity index (χ1n) is 11.5. The molecule has 2 heterocycles. The number of amides is 2. The van der Waals surface area contributed by atoms with Crippen LogP contribution in [0, 0.1) is 11.8 Å². The number of imide groups is 1. The maximum absolute atomic E-state index is 13.1. The standard InChI is InChI=1S/C26H26Cl2N2O5/c1-15-9-16(2)13-29(12-15)22-11-24(32)30(25(22)33)19-6-3-17(4-7-19)26(34)35-14-23(31)18-5-8-20(27)21(28)10-18/h3-8,10,15-16,22H,9,11-14H2,1-2H3. The van der Waals surface area contributed by atoms with Crippen LogP contribution < -0.4 is 4.90 Å². The van der Waals surface area contributed by atoms with Gasteiger partial charge in [-0.25, -0.2) is 9.69 Å². The average molecular weight is 517 g/mol. The van der Waals surface area contributed by atoms with E-state index < -0.39 is 24.4 Å². The second-order valence-electron chi connectivity index (χ2n) is 9.36. The number of halogens is 2. The first-order chi connectivity index (χ1) is 16.6. The summed E-state index contributed by atoms with van der Waals surface area (Å²) in [6, 6.07) is 9.98. The van der Waals surface area contributed by atoms with Crippen molar-refractivity contribution in [3.63, 3.8) is 0 Å². The van der Waals surface area contributed by atoms with Crippen molar-refractivity contribution in [1.29, 1.82) is 0 Å². The summed E-state index contributed by atoms with van der Waals surface area (Å²) in [6.07, 6.45) is 1.27. The van der Waals surface area contributed by atoms with E-state index in [1.807, 2.05) is 0 Å². The Morgan fingerprint density at radius 3 is 2.20 bits per heavy atom. The first kappa shape index (κ1) is 25.4. The van der Waals surface area contributed by atoms with Crippen LogP contribution in [0.2, 0.25) is 10.0 Å². The molecule has 0 saturated carbocycles. The van der Waals surface area contributed by atoms with Gasteiger partial charge in [0, 0.05) is 18.7 Å². The number of hydrogen-bond donors (Lipinski definition) is 0. The fraction of sp³-hybridized carbons (Fsp3) is 0.385. The Kier molecular flexibility index (Phi) is 7.59. The highest BCUT2D eigenvalue weighted by molar-refractivity contribution is 6.42. The molecule has 35 heavy (non-hydrogen) atoms. The van der Waals surface area contributed by atoms with Crippen LogP contribution in [0.15, 0.2) is 42.5 Å². The van der Waals surface area contributed by atoms with Gasteiger partial charge in [-0.2, -0.15) is 0 Å². The smallest absolute Gasteiger partial charge is 0.338 e. The Hall–Kier alpha value is -2.74. The van der Waals surface area contributed by atoms with Gasteiger partial charge in [-0.1, -0.05) is 37.0 Å². The Morgan fingerprint density at radius 2 is 1.57 bits per heavy atom. The molecule has 9 heteroatoms. The number of piperidine rings is 1. The molecular weight excluding hydrogens is 491 g/mol. The van der Waals surface area contributed by atoms with Gasteiger partial charge in [0.15, 0.2) is 12.4 Å². The number of esters is 1. The van der Waals surface area contributed by atoms with Crippen LogP contribution >= 0.6 is 23.2 Å². The van der Waals surface area contributed by atoms with Crippen LogP contribution in [-0.2, 0) is 14.3 Å². The van der Waals surface area contributed by atoms with Crippen LogP contribution in [0.5, 0.6) is 0 Å². The van der Waals surface area contributed by atoms with Crippen molar-refractivity contribution in [2.24, 2.45) is 11.8 Å². The van der Waals surface area contributed by atoms with Crippen LogP contribution in [0.3, 0.4) is 0 Å². The van der Waals surface area contributed by atoms with E-state index in [1.54, 1.807) is 0 Å². The molecule has 3 unspecified atom stereocenters. The van der Waals surface area contributed by atoms with Gasteiger partial charge >= 0.3 is 5.97 Å². The van der Waals surface area contributed by atoms with Gasteiger partial charge in [-0.05, 0) is 60.7 Å². The third-order valence-electron chi connectivity index (χ3n) is 6.40. The molecule has 0 N–H and O–H groups in total. The number of carbonyl (C=O) groups is 4. The molecule has 2 aromatic rings. The number of nitrogens with zero attached hydrogens (tertiary/aromatic N) is 2. The number of carbonyl (C=O) groups excluding carboxylic acids is 4. The molecule has 3 atom stereocenters. The zero-order valence-corrected chi connectivity index (χ0v) is 21.0. The van der Waals surface area contributed by atoms with Crippen molar-refractivity contribution in [2.45, 2.75) is 32.7 Å².